The minimum atomic E-state index is -0.821. The Morgan fingerprint density at radius 2 is 2.00 bits per heavy atom. The van der Waals surface area contributed by atoms with E-state index in [-0.39, 0.29) is 24.5 Å². The Kier molecular flexibility index (Phi) is 7.36. The maximum Gasteiger partial charge on any atom is 0.290 e. The molecule has 8 nitrogen and oxygen atoms in total. The monoisotopic (exact) mass is 429 g/mol. The first-order chi connectivity index (χ1) is 15.0. The summed E-state index contributed by atoms with van der Waals surface area (Å²) in [6, 6.07) is 7.46. The number of aliphatic hydroxyl groups excluding tert-OH is 1. The largest absolute Gasteiger partial charge is 0.503 e. The number of hydrogen-bond donors (Lipinski definition) is 1. The summed E-state index contributed by atoms with van der Waals surface area (Å²) in [6.07, 6.45) is 3.28. The van der Waals surface area contributed by atoms with E-state index in [9.17, 15) is 14.7 Å². The van der Waals surface area contributed by atoms with E-state index in [1.165, 1.54) is 31.4 Å². The number of furan rings is 1. The van der Waals surface area contributed by atoms with Crippen LogP contribution in [-0.4, -0.2) is 55.7 Å². The average Bonchev–Trinajstić information content (AvgIpc) is 3.40. The van der Waals surface area contributed by atoms with Crippen LogP contribution in [0.3, 0.4) is 0 Å². The van der Waals surface area contributed by atoms with Crippen molar-refractivity contribution in [3.63, 3.8) is 0 Å². The molecule has 0 saturated carbocycles. The van der Waals surface area contributed by atoms with Crippen LogP contribution in [0.4, 0.5) is 0 Å². The van der Waals surface area contributed by atoms with Crippen molar-refractivity contribution in [3.8, 4) is 11.5 Å². The van der Waals surface area contributed by atoms with Crippen LogP contribution in [0, 0.1) is 0 Å². The van der Waals surface area contributed by atoms with Crippen LogP contribution in [0.2, 0.25) is 0 Å². The van der Waals surface area contributed by atoms with E-state index in [1.54, 1.807) is 24.3 Å². The minimum Gasteiger partial charge on any atom is -0.503 e. The Labute approximate surface area is 181 Å². The van der Waals surface area contributed by atoms with Gasteiger partial charge in [-0.15, -0.1) is 0 Å². The lowest BCUT2D eigenvalue weighted by atomic mass is 9.94. The van der Waals surface area contributed by atoms with Gasteiger partial charge in [-0.2, -0.15) is 0 Å². The third kappa shape index (κ3) is 4.59. The molecule has 0 aliphatic carbocycles. The van der Waals surface area contributed by atoms with Gasteiger partial charge in [-0.05, 0) is 36.2 Å². The molecular weight excluding hydrogens is 402 g/mol. The van der Waals surface area contributed by atoms with Gasteiger partial charge < -0.3 is 28.6 Å². The maximum absolute atomic E-state index is 13.1. The number of nitrogens with zero attached hydrogens (tertiary/aromatic N) is 1. The molecule has 1 aliphatic heterocycles. The Bertz CT molecular complexity index is 949. The van der Waals surface area contributed by atoms with Gasteiger partial charge in [-0.3, -0.25) is 9.59 Å². The Balaban J connectivity index is 2.02. The van der Waals surface area contributed by atoms with Gasteiger partial charge in [-0.25, -0.2) is 0 Å². The molecule has 31 heavy (non-hydrogen) atoms. The molecule has 1 N–H and O–H groups in total. The molecular formula is C23H27NO7. The van der Waals surface area contributed by atoms with Gasteiger partial charge in [-0.1, -0.05) is 19.4 Å². The van der Waals surface area contributed by atoms with Crippen molar-refractivity contribution in [1.29, 1.82) is 0 Å². The first kappa shape index (κ1) is 22.4. The van der Waals surface area contributed by atoms with Crippen LogP contribution < -0.4 is 9.47 Å². The highest BCUT2D eigenvalue weighted by atomic mass is 16.5. The molecule has 0 fully saturated rings. The van der Waals surface area contributed by atoms with E-state index >= 15 is 0 Å². The molecule has 1 aromatic heterocycles. The quantitative estimate of drug-likeness (QED) is 0.430. The fraction of sp³-hybridized carbons (Fsp3) is 0.391. The van der Waals surface area contributed by atoms with Crippen LogP contribution in [0.5, 0.6) is 11.5 Å². The minimum absolute atomic E-state index is 0.0411. The molecule has 166 valence electrons. The van der Waals surface area contributed by atoms with Gasteiger partial charge in [0.15, 0.2) is 23.0 Å². The van der Waals surface area contributed by atoms with Crippen LogP contribution in [-0.2, 0) is 9.53 Å². The molecule has 1 atom stereocenters. The highest BCUT2D eigenvalue weighted by molar-refractivity contribution is 6.15. The SMILES string of the molecule is CCCCOc1ccc([C@H]2C(C(=O)c3ccco3)=C(O)C(=O)N2CCOC)cc1OC. The lowest BCUT2D eigenvalue weighted by Crippen LogP contribution is -2.34. The summed E-state index contributed by atoms with van der Waals surface area (Å²) < 4.78 is 21.6. The molecule has 2 heterocycles. The molecule has 0 radical (unpaired) electrons. The smallest absolute Gasteiger partial charge is 0.290 e. The van der Waals surface area contributed by atoms with E-state index in [4.69, 9.17) is 18.6 Å². The zero-order chi connectivity index (χ0) is 22.4. The van der Waals surface area contributed by atoms with Gasteiger partial charge in [0.1, 0.15) is 0 Å². The number of ketones is 1. The second-order valence-corrected chi connectivity index (χ2v) is 7.07. The third-order valence-electron chi connectivity index (χ3n) is 5.09. The second kappa shape index (κ2) is 10.2. The van der Waals surface area contributed by atoms with E-state index in [2.05, 4.69) is 6.92 Å². The van der Waals surface area contributed by atoms with Crippen molar-refractivity contribution in [2.45, 2.75) is 25.8 Å². The average molecular weight is 429 g/mol. The fourth-order valence-corrected chi connectivity index (χ4v) is 3.49. The summed E-state index contributed by atoms with van der Waals surface area (Å²) in [5.74, 6) is -0.699. The summed E-state index contributed by atoms with van der Waals surface area (Å²) in [5.41, 5.74) is 0.556. The standard InChI is InChI=1S/C23H27NO7/c1-4-5-11-30-16-9-8-15(14-18(16)29-3)20-19(21(25)17-7-6-12-31-17)22(26)23(27)24(20)10-13-28-2/h6-9,12,14,20,26H,4-5,10-11,13H2,1-3H3/t20-/m0/s1. The Morgan fingerprint density at radius 1 is 1.19 bits per heavy atom. The first-order valence-electron chi connectivity index (χ1n) is 10.1. The molecule has 0 saturated heterocycles. The van der Waals surface area contributed by atoms with Gasteiger partial charge >= 0.3 is 0 Å². The summed E-state index contributed by atoms with van der Waals surface area (Å²) >= 11 is 0. The summed E-state index contributed by atoms with van der Waals surface area (Å²) in [7, 11) is 3.04. The number of Topliss-reactive ketones (excluding diaryl/α,β-unsaturated/α-hetero) is 1. The van der Waals surface area contributed by atoms with Crippen LogP contribution >= 0.6 is 0 Å². The molecule has 1 aromatic carbocycles. The molecule has 1 amide bonds. The van der Waals surface area contributed by atoms with Gasteiger partial charge in [0.2, 0.25) is 5.78 Å². The molecule has 0 bridgehead atoms. The van der Waals surface area contributed by atoms with Crippen LogP contribution in [0.1, 0.15) is 41.9 Å². The van der Waals surface area contributed by atoms with E-state index < -0.39 is 23.5 Å². The molecule has 0 spiro atoms. The maximum atomic E-state index is 13.1. The van der Waals surface area contributed by atoms with Crippen LogP contribution in [0.25, 0.3) is 0 Å². The predicted molar refractivity (Wildman–Crippen MR) is 112 cm³/mol. The van der Waals surface area contributed by atoms with Gasteiger partial charge in [0.05, 0.1) is 38.2 Å². The topological polar surface area (TPSA) is 98.4 Å². The van der Waals surface area contributed by atoms with Gasteiger partial charge in [0, 0.05) is 13.7 Å². The summed E-state index contributed by atoms with van der Waals surface area (Å²) in [6.45, 7) is 3.06. The highest BCUT2D eigenvalue weighted by Crippen LogP contribution is 2.41. The van der Waals surface area contributed by atoms with Crippen molar-refractivity contribution in [2.75, 3.05) is 34.0 Å². The molecule has 8 heteroatoms. The number of hydrogen-bond acceptors (Lipinski definition) is 7. The first-order valence-corrected chi connectivity index (χ1v) is 10.1. The van der Waals surface area contributed by atoms with Crippen molar-refractivity contribution in [1.82, 2.24) is 4.90 Å². The lowest BCUT2D eigenvalue weighted by molar-refractivity contribution is -0.130. The third-order valence-corrected chi connectivity index (χ3v) is 5.09. The molecule has 1 aliphatic rings. The summed E-state index contributed by atoms with van der Waals surface area (Å²) in [4.78, 5) is 27.3. The van der Waals surface area contributed by atoms with Crippen molar-refractivity contribution < 1.29 is 33.3 Å². The van der Waals surface area contributed by atoms with E-state index in [0.717, 1.165) is 12.8 Å². The summed E-state index contributed by atoms with van der Waals surface area (Å²) in [5, 5.41) is 10.6. The van der Waals surface area contributed by atoms with E-state index in [1.807, 2.05) is 0 Å². The van der Waals surface area contributed by atoms with Crippen LogP contribution in [0.15, 0.2) is 52.3 Å². The number of carbonyl (C=O) groups excluding carboxylic acids is 2. The number of unbranched alkanes of at least 4 members (excludes halogenated alkanes) is 1. The zero-order valence-electron chi connectivity index (χ0n) is 17.9. The number of methoxy groups -OCH3 is 2. The number of benzene rings is 1. The normalized spacial score (nSPS) is 16.2. The lowest BCUT2D eigenvalue weighted by Gasteiger charge is -2.27. The number of aliphatic hydroxyl groups is 1. The molecule has 3 rings (SSSR count). The second-order valence-electron chi connectivity index (χ2n) is 7.07. The zero-order valence-corrected chi connectivity index (χ0v) is 17.9. The van der Waals surface area contributed by atoms with Crippen molar-refractivity contribution in [2.24, 2.45) is 0 Å². The predicted octanol–water partition coefficient (Wildman–Crippen LogP) is 3.69. The number of carbonyl (C=O) groups is 2. The fourth-order valence-electron chi connectivity index (χ4n) is 3.49. The molecule has 0 unspecified atom stereocenters. The van der Waals surface area contributed by atoms with E-state index in [0.29, 0.717) is 23.7 Å². The number of ether oxygens (including phenoxy) is 3. The number of amides is 1. The van der Waals surface area contributed by atoms with Crippen molar-refractivity contribution in [3.05, 3.63) is 59.3 Å². The Morgan fingerprint density at radius 3 is 2.65 bits per heavy atom. The molecule has 2 aromatic rings. The highest BCUT2D eigenvalue weighted by Gasteiger charge is 2.44. The Hall–Kier alpha value is -3.26. The van der Waals surface area contributed by atoms with Gasteiger partial charge in [0.25, 0.3) is 5.91 Å². The number of rotatable bonds is 11. The van der Waals surface area contributed by atoms with Crippen molar-refractivity contribution >= 4 is 11.7 Å².